The lowest BCUT2D eigenvalue weighted by molar-refractivity contribution is 0.103. The summed E-state index contributed by atoms with van der Waals surface area (Å²) >= 11 is 0. The Morgan fingerprint density at radius 1 is 1.03 bits per heavy atom. The number of hydrogen-bond donors (Lipinski definition) is 2. The number of aromatic amines is 1. The minimum absolute atomic E-state index is 0.0279. The molecule has 3 aromatic heterocycles. The molecule has 0 unspecified atom stereocenters. The summed E-state index contributed by atoms with van der Waals surface area (Å²) in [4.78, 5) is 16.9. The minimum Gasteiger partial charge on any atom is -0.504 e. The molecule has 0 aliphatic rings. The van der Waals surface area contributed by atoms with Gasteiger partial charge >= 0.3 is 0 Å². The average molecular weight is 400 g/mol. The number of carbonyl (C=O) groups excluding carboxylic acids is 1. The molecule has 30 heavy (non-hydrogen) atoms. The monoisotopic (exact) mass is 400 g/mol. The van der Waals surface area contributed by atoms with Crippen LogP contribution in [0.1, 0.15) is 33.0 Å². The topological polar surface area (TPSA) is 110 Å². The van der Waals surface area contributed by atoms with Crippen LogP contribution in [0.5, 0.6) is 0 Å². The highest BCUT2D eigenvalue weighted by Crippen LogP contribution is 2.17. The number of carbonyl (C=O) groups is 1. The standard InChI is InChI=1S/C22H20N6O2/c29-20(13-21(30)22-24-26-27-25-22)19-12-18(7-6-16-4-2-1-3-5-16)15-28(19)14-17-8-10-23-11-9-17/h1-5,8-13,15,30H,6-7,14H2,(H,24,25,26,27). The van der Waals surface area contributed by atoms with Gasteiger partial charge in [0.2, 0.25) is 11.6 Å². The molecule has 1 aromatic carbocycles. The van der Waals surface area contributed by atoms with E-state index >= 15 is 0 Å². The van der Waals surface area contributed by atoms with Gasteiger partial charge in [-0.05, 0) is 52.9 Å². The van der Waals surface area contributed by atoms with Gasteiger partial charge in [0.1, 0.15) is 0 Å². The van der Waals surface area contributed by atoms with Crippen LogP contribution in [0.15, 0.2) is 73.2 Å². The zero-order valence-corrected chi connectivity index (χ0v) is 16.1. The number of H-pyrrole nitrogens is 1. The van der Waals surface area contributed by atoms with E-state index in [2.05, 4.69) is 37.7 Å². The third kappa shape index (κ3) is 4.67. The van der Waals surface area contributed by atoms with E-state index in [-0.39, 0.29) is 17.4 Å². The Kier molecular flexibility index (Phi) is 5.75. The van der Waals surface area contributed by atoms with Crippen molar-refractivity contribution >= 4 is 11.5 Å². The summed E-state index contributed by atoms with van der Waals surface area (Å²) in [5.41, 5.74) is 3.78. The van der Waals surface area contributed by atoms with Crippen molar-refractivity contribution in [2.45, 2.75) is 19.4 Å². The summed E-state index contributed by atoms with van der Waals surface area (Å²) in [5, 5.41) is 23.1. The molecule has 0 saturated carbocycles. The first kappa shape index (κ1) is 19.3. The fourth-order valence-corrected chi connectivity index (χ4v) is 3.20. The molecule has 0 saturated heterocycles. The van der Waals surface area contributed by atoms with Gasteiger partial charge < -0.3 is 9.67 Å². The number of nitrogens with one attached hydrogen (secondary N) is 1. The SMILES string of the molecule is O=C(C=C(O)c1nn[nH]n1)c1cc(CCc2ccccc2)cn1Cc1ccncc1. The Labute approximate surface area is 172 Å². The first-order chi connectivity index (χ1) is 14.7. The van der Waals surface area contributed by atoms with E-state index in [9.17, 15) is 9.90 Å². The summed E-state index contributed by atoms with van der Waals surface area (Å²) in [6.45, 7) is 0.520. The fraction of sp³-hybridized carbons (Fsp3) is 0.136. The number of aliphatic hydroxyl groups excluding tert-OH is 1. The fourth-order valence-electron chi connectivity index (χ4n) is 3.20. The van der Waals surface area contributed by atoms with Gasteiger partial charge in [0.05, 0.1) is 5.69 Å². The smallest absolute Gasteiger partial charge is 0.239 e. The van der Waals surface area contributed by atoms with Crippen LogP contribution < -0.4 is 0 Å². The summed E-state index contributed by atoms with van der Waals surface area (Å²) in [6.07, 6.45) is 8.21. The number of allylic oxidation sites excluding steroid dienone is 1. The van der Waals surface area contributed by atoms with Crippen LogP contribution >= 0.6 is 0 Å². The molecule has 0 amide bonds. The zero-order valence-electron chi connectivity index (χ0n) is 16.1. The number of aromatic nitrogens is 6. The summed E-state index contributed by atoms with van der Waals surface area (Å²) in [7, 11) is 0. The maximum atomic E-state index is 12.9. The zero-order chi connectivity index (χ0) is 20.8. The van der Waals surface area contributed by atoms with E-state index in [4.69, 9.17) is 0 Å². The van der Waals surface area contributed by atoms with Crippen LogP contribution in [-0.2, 0) is 19.4 Å². The van der Waals surface area contributed by atoms with Gasteiger partial charge in [-0.3, -0.25) is 9.78 Å². The van der Waals surface area contributed by atoms with E-state index in [1.165, 1.54) is 5.56 Å². The first-order valence-electron chi connectivity index (χ1n) is 9.50. The molecule has 4 rings (SSSR count). The van der Waals surface area contributed by atoms with Crippen molar-refractivity contribution < 1.29 is 9.90 Å². The van der Waals surface area contributed by atoms with Gasteiger partial charge in [-0.1, -0.05) is 30.3 Å². The van der Waals surface area contributed by atoms with Gasteiger partial charge in [0.15, 0.2) is 5.76 Å². The quantitative estimate of drug-likeness (QED) is 0.267. The molecule has 0 atom stereocenters. The molecule has 0 aliphatic heterocycles. The summed E-state index contributed by atoms with van der Waals surface area (Å²) in [5.74, 6) is -0.701. The van der Waals surface area contributed by atoms with Gasteiger partial charge in [0, 0.05) is 31.2 Å². The van der Waals surface area contributed by atoms with Crippen LogP contribution in [0.3, 0.4) is 0 Å². The molecule has 8 nitrogen and oxygen atoms in total. The second kappa shape index (κ2) is 8.95. The Balaban J connectivity index is 1.60. The number of benzene rings is 1. The van der Waals surface area contributed by atoms with E-state index in [0.717, 1.165) is 30.0 Å². The maximum Gasteiger partial charge on any atom is 0.239 e. The van der Waals surface area contributed by atoms with Crippen molar-refractivity contribution in [1.29, 1.82) is 0 Å². The van der Waals surface area contributed by atoms with Crippen molar-refractivity contribution in [1.82, 2.24) is 30.2 Å². The summed E-state index contributed by atoms with van der Waals surface area (Å²) in [6, 6.07) is 15.9. The molecular formula is C22H20N6O2. The van der Waals surface area contributed by atoms with Crippen molar-refractivity contribution in [2.75, 3.05) is 0 Å². The molecular weight excluding hydrogens is 380 g/mol. The van der Waals surface area contributed by atoms with Crippen LogP contribution in [0.2, 0.25) is 0 Å². The molecule has 2 N–H and O–H groups in total. The number of aryl methyl sites for hydroxylation is 2. The van der Waals surface area contributed by atoms with E-state index in [1.54, 1.807) is 12.4 Å². The van der Waals surface area contributed by atoms with Crippen LogP contribution in [0, 0.1) is 0 Å². The van der Waals surface area contributed by atoms with Gasteiger partial charge in [-0.15, -0.1) is 10.2 Å². The Morgan fingerprint density at radius 2 is 1.80 bits per heavy atom. The van der Waals surface area contributed by atoms with Crippen molar-refractivity contribution in [3.63, 3.8) is 0 Å². The lowest BCUT2D eigenvalue weighted by atomic mass is 10.1. The third-order valence-electron chi connectivity index (χ3n) is 4.70. The number of rotatable bonds is 8. The number of tetrazole rings is 1. The largest absolute Gasteiger partial charge is 0.504 e. The molecule has 0 fully saturated rings. The van der Waals surface area contributed by atoms with Crippen LogP contribution in [0.25, 0.3) is 5.76 Å². The average Bonchev–Trinajstić information content (AvgIpc) is 3.44. The van der Waals surface area contributed by atoms with Crippen molar-refractivity contribution in [3.05, 3.63) is 101 Å². The second-order valence-electron chi connectivity index (χ2n) is 6.83. The minimum atomic E-state index is -0.337. The number of nitrogens with zero attached hydrogens (tertiary/aromatic N) is 5. The molecule has 8 heteroatoms. The molecule has 0 radical (unpaired) electrons. The van der Waals surface area contributed by atoms with Crippen molar-refractivity contribution in [3.8, 4) is 0 Å². The number of hydrogen-bond acceptors (Lipinski definition) is 6. The number of pyridine rings is 1. The predicted molar refractivity (Wildman–Crippen MR) is 111 cm³/mol. The summed E-state index contributed by atoms with van der Waals surface area (Å²) < 4.78 is 1.89. The Hall–Kier alpha value is -4.07. The van der Waals surface area contributed by atoms with Crippen LogP contribution in [-0.4, -0.2) is 41.1 Å². The highest BCUT2D eigenvalue weighted by molar-refractivity contribution is 6.06. The van der Waals surface area contributed by atoms with E-state index in [1.807, 2.05) is 47.2 Å². The number of ketones is 1. The highest BCUT2D eigenvalue weighted by atomic mass is 16.3. The molecule has 3 heterocycles. The molecule has 0 bridgehead atoms. The number of aliphatic hydroxyl groups is 1. The van der Waals surface area contributed by atoms with Gasteiger partial charge in [-0.2, -0.15) is 5.21 Å². The lowest BCUT2D eigenvalue weighted by Crippen LogP contribution is -2.08. The molecule has 4 aromatic rings. The van der Waals surface area contributed by atoms with Gasteiger partial charge in [0.25, 0.3) is 0 Å². The molecule has 0 aliphatic carbocycles. The van der Waals surface area contributed by atoms with Gasteiger partial charge in [-0.25, -0.2) is 0 Å². The third-order valence-corrected chi connectivity index (χ3v) is 4.70. The van der Waals surface area contributed by atoms with E-state index < -0.39 is 0 Å². The van der Waals surface area contributed by atoms with Crippen molar-refractivity contribution in [2.24, 2.45) is 0 Å². The van der Waals surface area contributed by atoms with Crippen LogP contribution in [0.4, 0.5) is 0 Å². The molecule has 0 spiro atoms. The second-order valence-corrected chi connectivity index (χ2v) is 6.83. The molecule has 150 valence electrons. The highest BCUT2D eigenvalue weighted by Gasteiger charge is 2.15. The Bertz CT molecular complexity index is 1140. The maximum absolute atomic E-state index is 12.9. The van der Waals surface area contributed by atoms with E-state index in [0.29, 0.717) is 12.2 Å². The first-order valence-corrected chi connectivity index (χ1v) is 9.50. The Morgan fingerprint density at radius 3 is 2.53 bits per heavy atom. The lowest BCUT2D eigenvalue weighted by Gasteiger charge is -2.07. The normalized spacial score (nSPS) is 11.5. The predicted octanol–water partition coefficient (Wildman–Crippen LogP) is 3.01.